The van der Waals surface area contributed by atoms with Gasteiger partial charge in [0.15, 0.2) is 0 Å². The molecule has 0 amide bonds. The fourth-order valence-electron chi connectivity index (χ4n) is 0. The van der Waals surface area contributed by atoms with E-state index in [0.717, 1.165) is 0 Å². The van der Waals surface area contributed by atoms with E-state index in [0.29, 0.717) is 0 Å². The topological polar surface area (TPSA) is 74.3 Å². The Bertz CT molecular complexity index is 133. The average Bonchev–Trinajstić information content (AvgIpc) is 0.722. The Morgan fingerprint density at radius 1 is 1.14 bits per heavy atom. The molecule has 40 valence electrons. The van der Waals surface area contributed by atoms with Crippen LogP contribution in [0.3, 0.4) is 0 Å². The molecule has 0 aromatic carbocycles. The molecule has 7 heteroatoms. The zero-order valence-electron chi connectivity index (χ0n) is 3.36. The third-order valence-corrected chi connectivity index (χ3v) is 0. The molecule has 4 nitrogen and oxygen atoms in total. The SMILES string of the molecule is [Fe].[K+].[O]=[Mn](=[O])(=[O])[O-]. The van der Waals surface area contributed by atoms with Crippen LogP contribution >= 0.6 is 0 Å². The van der Waals surface area contributed by atoms with Gasteiger partial charge in [0.05, 0.1) is 0 Å². The molecule has 0 saturated carbocycles. The van der Waals surface area contributed by atoms with Crippen molar-refractivity contribution in [2.75, 3.05) is 0 Å². The number of hydrogen-bond donors (Lipinski definition) is 0. The van der Waals surface area contributed by atoms with Crippen molar-refractivity contribution in [3.8, 4) is 0 Å². The molecular weight excluding hydrogens is 214 g/mol. The van der Waals surface area contributed by atoms with Crippen LogP contribution in [0.25, 0.3) is 0 Å². The van der Waals surface area contributed by atoms with Crippen molar-refractivity contribution < 1.29 is 97.1 Å². The summed E-state index contributed by atoms with van der Waals surface area (Å²) in [5.41, 5.74) is 0. The molecule has 0 aromatic rings. The molecule has 0 bridgehead atoms. The Balaban J connectivity index is -0.0000000800. The van der Waals surface area contributed by atoms with Gasteiger partial charge in [-0.05, 0) is 0 Å². The van der Waals surface area contributed by atoms with Crippen molar-refractivity contribution in [3.05, 3.63) is 0 Å². The summed E-state index contributed by atoms with van der Waals surface area (Å²) in [5.74, 6) is 0. The molecule has 0 aromatic heterocycles. The van der Waals surface area contributed by atoms with Crippen molar-refractivity contribution in [2.24, 2.45) is 0 Å². The molecule has 0 spiro atoms. The molecule has 0 unspecified atom stereocenters. The minimum absolute atomic E-state index is 0. The zero-order valence-corrected chi connectivity index (χ0v) is 8.77. The van der Waals surface area contributed by atoms with Crippen molar-refractivity contribution in [1.29, 1.82) is 0 Å². The van der Waals surface area contributed by atoms with E-state index in [-0.39, 0.29) is 68.5 Å². The Labute approximate surface area is 95.1 Å². The van der Waals surface area contributed by atoms with Gasteiger partial charge in [-0.3, -0.25) is 0 Å². The normalized spacial score (nSPS) is 8.14. The summed E-state index contributed by atoms with van der Waals surface area (Å²) < 4.78 is 34.3. The molecule has 0 aliphatic heterocycles. The molecule has 0 atom stereocenters. The number of rotatable bonds is 0. The number of hydrogen-bond acceptors (Lipinski definition) is 4. The maximum atomic E-state index is 8.58. The van der Waals surface area contributed by atoms with E-state index in [1.165, 1.54) is 0 Å². The van der Waals surface area contributed by atoms with Crippen LogP contribution in [0.2, 0.25) is 0 Å². The quantitative estimate of drug-likeness (QED) is 0.380. The first kappa shape index (κ1) is 16.0. The van der Waals surface area contributed by atoms with Gasteiger partial charge >= 0.3 is 80.0 Å². The van der Waals surface area contributed by atoms with Crippen LogP contribution in [-0.2, 0) is 41.5 Å². The van der Waals surface area contributed by atoms with Gasteiger partial charge in [0.25, 0.3) is 0 Å². The molecule has 0 saturated heterocycles. The third kappa shape index (κ3) is 70.7. The molecule has 0 fully saturated rings. The van der Waals surface area contributed by atoms with Gasteiger partial charge in [0.1, 0.15) is 0 Å². The first-order valence-electron chi connectivity index (χ1n) is 0.617. The van der Waals surface area contributed by atoms with Gasteiger partial charge in [-0.15, -0.1) is 0 Å². The van der Waals surface area contributed by atoms with E-state index in [9.17, 15) is 0 Å². The van der Waals surface area contributed by atoms with Crippen molar-refractivity contribution in [2.45, 2.75) is 0 Å². The fraction of sp³-hybridized carbons (Fsp3) is 0. The first-order valence-corrected chi connectivity index (χ1v) is 2.54. The summed E-state index contributed by atoms with van der Waals surface area (Å²) in [6, 6.07) is 0. The third-order valence-electron chi connectivity index (χ3n) is 0. The molecule has 0 rings (SSSR count). The summed E-state index contributed by atoms with van der Waals surface area (Å²) in [7, 11) is 0. The Morgan fingerprint density at radius 2 is 1.14 bits per heavy atom. The predicted octanol–water partition coefficient (Wildman–Crippen LogP) is -4.55. The molecule has 0 N–H and O–H groups in total. The summed E-state index contributed by atoms with van der Waals surface area (Å²) in [5, 5.41) is 0. The van der Waals surface area contributed by atoms with E-state index in [4.69, 9.17) is 15.7 Å². The Morgan fingerprint density at radius 3 is 1.14 bits per heavy atom. The summed E-state index contributed by atoms with van der Waals surface area (Å²) in [6.45, 7) is 0. The molecule has 0 radical (unpaired) electrons. The van der Waals surface area contributed by atoms with Crippen molar-refractivity contribution in [1.82, 2.24) is 0 Å². The van der Waals surface area contributed by atoms with Gasteiger partial charge in [0, 0.05) is 17.1 Å². The van der Waals surface area contributed by atoms with Crippen molar-refractivity contribution in [3.63, 3.8) is 0 Å². The standard InChI is InChI=1S/Fe.K.Mn.4O/q;+1;;;;;-1. The van der Waals surface area contributed by atoms with Crippen LogP contribution in [0.1, 0.15) is 0 Å². The van der Waals surface area contributed by atoms with Gasteiger partial charge < -0.3 is 0 Å². The summed E-state index contributed by atoms with van der Waals surface area (Å²) >= 11 is -5.62. The fourth-order valence-corrected chi connectivity index (χ4v) is 0. The van der Waals surface area contributed by atoms with Gasteiger partial charge in [-0.2, -0.15) is 0 Å². The zero-order chi connectivity index (χ0) is 4.50. The average molecular weight is 214 g/mol. The minimum atomic E-state index is -5.62. The van der Waals surface area contributed by atoms with Crippen LogP contribution in [0.4, 0.5) is 0 Å². The van der Waals surface area contributed by atoms with E-state index >= 15 is 0 Å². The second-order valence-corrected chi connectivity index (χ2v) is 1.56. The van der Waals surface area contributed by atoms with Gasteiger partial charge in [-0.25, -0.2) is 0 Å². The van der Waals surface area contributed by atoms with E-state index in [1.54, 1.807) is 0 Å². The van der Waals surface area contributed by atoms with Crippen LogP contribution in [0.15, 0.2) is 0 Å². The molecule has 0 aliphatic carbocycles. The molecular formula is FeKMnO4. The molecule has 7 heavy (non-hydrogen) atoms. The van der Waals surface area contributed by atoms with Crippen molar-refractivity contribution >= 4 is 0 Å². The summed E-state index contributed by atoms with van der Waals surface area (Å²) in [6.07, 6.45) is 0. The van der Waals surface area contributed by atoms with Gasteiger partial charge in [0.2, 0.25) is 0 Å². The summed E-state index contributed by atoms with van der Waals surface area (Å²) in [4.78, 5) is 0. The van der Waals surface area contributed by atoms with Crippen LogP contribution in [0, 0.1) is 0 Å². The van der Waals surface area contributed by atoms with Crippen LogP contribution in [-0.4, -0.2) is 0 Å². The first-order chi connectivity index (χ1) is 2.00. The Hall–Kier alpha value is 2.04. The molecule has 0 heterocycles. The van der Waals surface area contributed by atoms with Crippen LogP contribution in [0.5, 0.6) is 0 Å². The monoisotopic (exact) mass is 214 g/mol. The molecule has 0 aliphatic rings. The second kappa shape index (κ2) is 6.16. The van der Waals surface area contributed by atoms with E-state index in [2.05, 4.69) is 0 Å². The predicted molar refractivity (Wildman–Crippen MR) is 2.06 cm³/mol. The Kier molecular flexibility index (Phi) is 14.1. The van der Waals surface area contributed by atoms with Crippen LogP contribution < -0.4 is 55.6 Å². The van der Waals surface area contributed by atoms with E-state index < -0.39 is 13.0 Å². The second-order valence-electron chi connectivity index (χ2n) is 0.378. The van der Waals surface area contributed by atoms with Gasteiger partial charge in [-0.1, -0.05) is 0 Å². The van der Waals surface area contributed by atoms with E-state index in [1.807, 2.05) is 0 Å². The maximum absolute atomic E-state index is 8.58.